The van der Waals surface area contributed by atoms with Crippen LogP contribution in [-0.2, 0) is 14.4 Å². The predicted octanol–water partition coefficient (Wildman–Crippen LogP) is 0.295. The van der Waals surface area contributed by atoms with Gasteiger partial charge in [0.25, 0.3) is 5.91 Å². The molecule has 98 valence electrons. The Morgan fingerprint density at radius 3 is 2.78 bits per heavy atom. The molecule has 0 bridgehead atoms. The topological polar surface area (TPSA) is 90.7 Å². The van der Waals surface area contributed by atoms with Gasteiger partial charge in [0.05, 0.1) is 0 Å². The maximum atomic E-state index is 11.5. The molecule has 1 aromatic rings. The molecule has 1 rings (SSSR count). The monoisotopic (exact) mass is 252 g/mol. The van der Waals surface area contributed by atoms with Gasteiger partial charge in [-0.15, -0.1) is 0 Å². The Morgan fingerprint density at radius 2 is 2.17 bits per heavy atom. The van der Waals surface area contributed by atoms with E-state index in [0.29, 0.717) is 5.75 Å². The zero-order valence-electron chi connectivity index (χ0n) is 10.3. The molecule has 0 aliphatic carbocycles. The third-order valence-electron chi connectivity index (χ3n) is 2.06. The van der Waals surface area contributed by atoms with Crippen LogP contribution in [0.5, 0.6) is 5.75 Å². The van der Waals surface area contributed by atoms with E-state index in [9.17, 15) is 9.59 Å². The van der Waals surface area contributed by atoms with Crippen LogP contribution in [0.2, 0.25) is 0 Å². The number of nitrogens with one attached hydrogen (secondary N) is 1. The molecule has 0 spiro atoms. The second kappa shape index (κ2) is 6.61. The molecular formula is C12H16N2O4. The molecule has 6 heteroatoms. The number of hydrogen-bond donors (Lipinski definition) is 2. The summed E-state index contributed by atoms with van der Waals surface area (Å²) in [6.07, 6.45) is -0.736. The van der Waals surface area contributed by atoms with Crippen LogP contribution in [0.3, 0.4) is 0 Å². The zero-order valence-corrected chi connectivity index (χ0v) is 10.3. The largest absolute Gasteiger partial charge is 0.481 e. The highest BCUT2D eigenvalue weighted by atomic mass is 16.7. The number of ether oxygens (including phenoxy) is 1. The normalized spacial score (nSPS) is 11.7. The Hall–Kier alpha value is -2.08. The van der Waals surface area contributed by atoms with Gasteiger partial charge in [-0.1, -0.05) is 12.1 Å². The van der Waals surface area contributed by atoms with Crippen molar-refractivity contribution in [2.24, 2.45) is 5.73 Å². The van der Waals surface area contributed by atoms with Gasteiger partial charge in [0.1, 0.15) is 5.75 Å². The van der Waals surface area contributed by atoms with E-state index < -0.39 is 17.9 Å². The first-order valence-electron chi connectivity index (χ1n) is 5.42. The molecule has 0 saturated carbocycles. The van der Waals surface area contributed by atoms with Gasteiger partial charge in [-0.2, -0.15) is 0 Å². The summed E-state index contributed by atoms with van der Waals surface area (Å²) in [5.41, 5.74) is 7.96. The van der Waals surface area contributed by atoms with Gasteiger partial charge >= 0.3 is 0 Å². The highest BCUT2D eigenvalue weighted by Gasteiger charge is 2.14. The van der Waals surface area contributed by atoms with Crippen molar-refractivity contribution in [2.75, 3.05) is 6.61 Å². The third kappa shape index (κ3) is 4.84. The molecular weight excluding hydrogens is 236 g/mol. The average molecular weight is 252 g/mol. The molecule has 18 heavy (non-hydrogen) atoms. The summed E-state index contributed by atoms with van der Waals surface area (Å²) >= 11 is 0. The second-order valence-corrected chi connectivity index (χ2v) is 3.80. The number of amides is 2. The van der Waals surface area contributed by atoms with Gasteiger partial charge in [0, 0.05) is 0 Å². The molecule has 0 aliphatic heterocycles. The Labute approximate surface area is 105 Å². The van der Waals surface area contributed by atoms with Gasteiger partial charge < -0.3 is 10.5 Å². The highest BCUT2D eigenvalue weighted by Crippen LogP contribution is 2.14. The van der Waals surface area contributed by atoms with E-state index in [1.807, 2.05) is 25.1 Å². The van der Waals surface area contributed by atoms with Gasteiger partial charge in [0.15, 0.2) is 12.7 Å². The van der Waals surface area contributed by atoms with E-state index in [-0.39, 0.29) is 6.61 Å². The molecule has 3 N–H and O–H groups in total. The highest BCUT2D eigenvalue weighted by molar-refractivity contribution is 5.80. The number of carbonyl (C=O) groups excluding carboxylic acids is 2. The first-order chi connectivity index (χ1) is 8.49. The minimum atomic E-state index is -0.736. The second-order valence-electron chi connectivity index (χ2n) is 3.80. The smallest absolute Gasteiger partial charge is 0.284 e. The molecule has 0 heterocycles. The van der Waals surface area contributed by atoms with Crippen molar-refractivity contribution in [3.63, 3.8) is 0 Å². The molecule has 6 nitrogen and oxygen atoms in total. The molecule has 1 atom stereocenters. The fourth-order valence-electron chi connectivity index (χ4n) is 1.21. The van der Waals surface area contributed by atoms with Crippen LogP contribution in [-0.4, -0.2) is 24.5 Å². The van der Waals surface area contributed by atoms with Crippen molar-refractivity contribution in [3.05, 3.63) is 29.8 Å². The lowest BCUT2D eigenvalue weighted by Gasteiger charge is -2.14. The number of hydroxylamine groups is 1. The summed E-state index contributed by atoms with van der Waals surface area (Å²) < 4.78 is 5.41. The first kappa shape index (κ1) is 14.0. The van der Waals surface area contributed by atoms with E-state index in [1.54, 1.807) is 13.0 Å². The van der Waals surface area contributed by atoms with Gasteiger partial charge in [-0.3, -0.25) is 14.4 Å². The van der Waals surface area contributed by atoms with Gasteiger partial charge in [0.2, 0.25) is 5.91 Å². The fraction of sp³-hybridized carbons (Fsp3) is 0.333. The van der Waals surface area contributed by atoms with E-state index in [0.717, 1.165) is 5.56 Å². The van der Waals surface area contributed by atoms with Crippen LogP contribution in [0, 0.1) is 6.92 Å². The molecule has 0 aliphatic rings. The molecule has 0 aromatic heterocycles. The predicted molar refractivity (Wildman–Crippen MR) is 64.6 cm³/mol. The summed E-state index contributed by atoms with van der Waals surface area (Å²) in [7, 11) is 0. The molecule has 1 aromatic carbocycles. The number of hydrogen-bond acceptors (Lipinski definition) is 4. The number of primary amides is 1. The standard InChI is InChI=1S/C12H16N2O4/c1-8-4-3-5-10(6-8)18-9(2)12(16)14-17-7-11(13)15/h3-6,9H,7H2,1-2H3,(H2,13,15)(H,14,16). The minimum absolute atomic E-state index is 0.372. The Balaban J connectivity index is 2.42. The maximum Gasteiger partial charge on any atom is 0.284 e. The van der Waals surface area contributed by atoms with E-state index in [4.69, 9.17) is 10.5 Å². The van der Waals surface area contributed by atoms with Crippen LogP contribution < -0.4 is 16.0 Å². The summed E-state index contributed by atoms with van der Waals surface area (Å²) in [4.78, 5) is 26.5. The number of carbonyl (C=O) groups is 2. The van der Waals surface area contributed by atoms with Crippen molar-refractivity contribution >= 4 is 11.8 Å². The third-order valence-corrected chi connectivity index (χ3v) is 2.06. The molecule has 1 unspecified atom stereocenters. The first-order valence-corrected chi connectivity index (χ1v) is 5.42. The van der Waals surface area contributed by atoms with Crippen molar-refractivity contribution in [2.45, 2.75) is 20.0 Å². The summed E-state index contributed by atoms with van der Waals surface area (Å²) in [5, 5.41) is 0. The fourth-order valence-corrected chi connectivity index (χ4v) is 1.21. The van der Waals surface area contributed by atoms with E-state index in [2.05, 4.69) is 10.3 Å². The summed E-state index contributed by atoms with van der Waals surface area (Å²) in [5.74, 6) is -0.562. The number of rotatable bonds is 6. The lowest BCUT2D eigenvalue weighted by molar-refractivity contribution is -0.143. The van der Waals surface area contributed by atoms with Crippen molar-refractivity contribution in [3.8, 4) is 5.75 Å². The lowest BCUT2D eigenvalue weighted by atomic mass is 10.2. The number of nitrogens with two attached hydrogens (primary N) is 1. The van der Waals surface area contributed by atoms with Gasteiger partial charge in [-0.25, -0.2) is 5.48 Å². The Kier molecular flexibility index (Phi) is 5.13. The van der Waals surface area contributed by atoms with Crippen molar-refractivity contribution in [1.82, 2.24) is 5.48 Å². The van der Waals surface area contributed by atoms with Crippen LogP contribution >= 0.6 is 0 Å². The quantitative estimate of drug-likeness (QED) is 0.712. The van der Waals surface area contributed by atoms with Crippen molar-refractivity contribution < 1.29 is 19.2 Å². The van der Waals surface area contributed by atoms with Crippen LogP contribution in [0.4, 0.5) is 0 Å². The van der Waals surface area contributed by atoms with Crippen LogP contribution in [0.15, 0.2) is 24.3 Å². The van der Waals surface area contributed by atoms with Crippen LogP contribution in [0.1, 0.15) is 12.5 Å². The summed E-state index contributed by atoms with van der Waals surface area (Å²) in [6, 6.07) is 7.32. The SMILES string of the molecule is Cc1cccc(OC(C)C(=O)NOCC(N)=O)c1. The van der Waals surface area contributed by atoms with E-state index in [1.165, 1.54) is 0 Å². The van der Waals surface area contributed by atoms with Crippen molar-refractivity contribution in [1.29, 1.82) is 0 Å². The molecule has 2 amide bonds. The summed E-state index contributed by atoms with van der Waals surface area (Å²) in [6.45, 7) is 3.13. The average Bonchev–Trinajstić information content (AvgIpc) is 2.28. The molecule has 0 saturated heterocycles. The van der Waals surface area contributed by atoms with Gasteiger partial charge in [-0.05, 0) is 31.5 Å². The molecule has 0 fully saturated rings. The number of benzene rings is 1. The molecule has 0 radical (unpaired) electrons. The van der Waals surface area contributed by atoms with Crippen LogP contribution in [0.25, 0.3) is 0 Å². The Morgan fingerprint density at radius 1 is 1.44 bits per heavy atom. The Bertz CT molecular complexity index is 434. The number of aryl methyl sites for hydroxylation is 1. The zero-order chi connectivity index (χ0) is 13.5. The lowest BCUT2D eigenvalue weighted by Crippen LogP contribution is -2.38. The maximum absolute atomic E-state index is 11.5. The van der Waals surface area contributed by atoms with E-state index >= 15 is 0 Å². The minimum Gasteiger partial charge on any atom is -0.481 e.